The first-order chi connectivity index (χ1) is 13.2. The summed E-state index contributed by atoms with van der Waals surface area (Å²) in [5.74, 6) is -3.51. The van der Waals surface area contributed by atoms with Crippen LogP contribution in [-0.2, 0) is 19.2 Å². The van der Waals surface area contributed by atoms with Crippen molar-refractivity contribution in [2.24, 2.45) is 17.0 Å². The average molecular weight is 391 g/mol. The quantitative estimate of drug-likeness (QED) is 0.271. The summed E-state index contributed by atoms with van der Waals surface area (Å²) in [5, 5.41) is 20.8. The highest BCUT2D eigenvalue weighted by atomic mass is 16.6. The maximum atomic E-state index is 11.0. The summed E-state index contributed by atoms with van der Waals surface area (Å²) >= 11 is 0. The minimum atomic E-state index is -1.33. The van der Waals surface area contributed by atoms with Crippen LogP contribution in [-0.4, -0.2) is 40.3 Å². The Kier molecular flexibility index (Phi) is 12.6. The van der Waals surface area contributed by atoms with Crippen molar-refractivity contribution in [3.63, 3.8) is 0 Å². The number of hydrogen-bond acceptors (Lipinski definition) is 5. The van der Waals surface area contributed by atoms with Crippen LogP contribution in [0.3, 0.4) is 0 Å². The van der Waals surface area contributed by atoms with Gasteiger partial charge in [0.25, 0.3) is 0 Å². The van der Waals surface area contributed by atoms with Gasteiger partial charge >= 0.3 is 11.9 Å². The molecule has 1 rings (SSSR count). The number of hydrogen-bond donors (Lipinski definition) is 2. The van der Waals surface area contributed by atoms with Crippen molar-refractivity contribution in [2.75, 3.05) is 6.61 Å². The molecule has 0 saturated heterocycles. The van der Waals surface area contributed by atoms with Gasteiger partial charge in [0.1, 0.15) is 6.61 Å². The summed E-state index contributed by atoms with van der Waals surface area (Å²) < 4.78 is 0. The minimum absolute atomic E-state index is 0.0654. The third-order valence-electron chi connectivity index (χ3n) is 4.01. The maximum absolute atomic E-state index is 11.0. The SMILES string of the molecule is CCC(C)/C(=N/OC/C=C/c1ccccc1)C(=O)O.CCC(C)C(=O)C(=O)O. The first-order valence-electron chi connectivity index (χ1n) is 9.16. The van der Waals surface area contributed by atoms with Crippen LogP contribution in [0.1, 0.15) is 46.1 Å². The first kappa shape index (κ1) is 25.0. The van der Waals surface area contributed by atoms with E-state index in [1.54, 1.807) is 19.9 Å². The molecule has 2 unspecified atom stereocenters. The molecule has 0 aromatic heterocycles. The van der Waals surface area contributed by atoms with E-state index in [-0.39, 0.29) is 24.2 Å². The zero-order valence-corrected chi connectivity index (χ0v) is 16.8. The van der Waals surface area contributed by atoms with Gasteiger partial charge in [0.2, 0.25) is 5.78 Å². The second kappa shape index (κ2) is 14.1. The Labute approximate surface area is 165 Å². The minimum Gasteiger partial charge on any atom is -0.477 e. The summed E-state index contributed by atoms with van der Waals surface area (Å²) in [4.78, 5) is 36.4. The Balaban J connectivity index is 0.000000684. The number of rotatable bonds is 10. The number of oxime groups is 1. The van der Waals surface area contributed by atoms with E-state index in [0.717, 1.165) is 5.56 Å². The van der Waals surface area contributed by atoms with E-state index in [9.17, 15) is 14.4 Å². The van der Waals surface area contributed by atoms with Gasteiger partial charge in [0, 0.05) is 11.8 Å². The predicted octanol–water partition coefficient (Wildman–Crippen LogP) is 3.89. The Bertz CT molecular complexity index is 681. The topological polar surface area (TPSA) is 113 Å². The lowest BCUT2D eigenvalue weighted by molar-refractivity contribution is -0.150. The molecule has 0 heterocycles. The van der Waals surface area contributed by atoms with Crippen molar-refractivity contribution in [3.05, 3.63) is 42.0 Å². The molecule has 7 nitrogen and oxygen atoms in total. The molecule has 7 heteroatoms. The Hall–Kier alpha value is -2.96. The number of Topliss-reactive ketones (excluding diaryl/α,β-unsaturated/α-hetero) is 1. The zero-order chi connectivity index (χ0) is 21.5. The maximum Gasteiger partial charge on any atom is 0.372 e. The molecule has 0 aliphatic carbocycles. The van der Waals surface area contributed by atoms with Gasteiger partial charge in [0.15, 0.2) is 5.71 Å². The van der Waals surface area contributed by atoms with Crippen molar-refractivity contribution in [2.45, 2.75) is 40.5 Å². The van der Waals surface area contributed by atoms with E-state index < -0.39 is 17.7 Å². The number of carbonyl (C=O) groups is 3. The first-order valence-corrected chi connectivity index (χ1v) is 9.16. The number of carboxylic acids is 2. The van der Waals surface area contributed by atoms with E-state index in [0.29, 0.717) is 12.8 Å². The molecule has 0 radical (unpaired) electrons. The average Bonchev–Trinajstić information content (AvgIpc) is 2.69. The fraction of sp³-hybridized carbons (Fsp3) is 0.429. The number of nitrogens with zero attached hydrogens (tertiary/aromatic N) is 1. The van der Waals surface area contributed by atoms with Crippen LogP contribution in [0.2, 0.25) is 0 Å². The number of ketones is 1. The van der Waals surface area contributed by atoms with Crippen LogP contribution in [0.15, 0.2) is 41.6 Å². The molecule has 1 aromatic rings. The molecular weight excluding hydrogens is 362 g/mol. The fourth-order valence-electron chi connectivity index (χ4n) is 1.83. The van der Waals surface area contributed by atoms with E-state index in [1.165, 1.54) is 0 Å². The second-order valence-electron chi connectivity index (χ2n) is 6.18. The number of benzene rings is 1. The molecule has 0 aliphatic heterocycles. The van der Waals surface area contributed by atoms with Crippen LogP contribution >= 0.6 is 0 Å². The lowest BCUT2D eigenvalue weighted by Gasteiger charge is -2.07. The van der Waals surface area contributed by atoms with Gasteiger partial charge in [-0.05, 0) is 24.5 Å². The normalized spacial score (nSPS) is 13.2. The van der Waals surface area contributed by atoms with Gasteiger partial charge in [-0.25, -0.2) is 9.59 Å². The van der Waals surface area contributed by atoms with Crippen LogP contribution in [0.4, 0.5) is 0 Å². The molecule has 0 amide bonds. The third-order valence-corrected chi connectivity index (χ3v) is 4.01. The molecule has 0 bridgehead atoms. The predicted molar refractivity (Wildman–Crippen MR) is 108 cm³/mol. The van der Waals surface area contributed by atoms with Gasteiger partial charge in [-0.2, -0.15) is 0 Å². The Morgan fingerprint density at radius 1 is 1.00 bits per heavy atom. The highest BCUT2D eigenvalue weighted by Crippen LogP contribution is 2.05. The Morgan fingerprint density at radius 3 is 2.00 bits per heavy atom. The molecule has 2 atom stereocenters. The molecule has 28 heavy (non-hydrogen) atoms. The van der Waals surface area contributed by atoms with Crippen LogP contribution in [0, 0.1) is 11.8 Å². The van der Waals surface area contributed by atoms with Gasteiger partial charge < -0.3 is 15.1 Å². The summed E-state index contributed by atoms with van der Waals surface area (Å²) in [7, 11) is 0. The highest BCUT2D eigenvalue weighted by Gasteiger charge is 2.18. The van der Waals surface area contributed by atoms with E-state index in [2.05, 4.69) is 5.16 Å². The molecule has 2 N–H and O–H groups in total. The van der Waals surface area contributed by atoms with Crippen molar-refractivity contribution in [3.8, 4) is 0 Å². The standard InChI is InChI=1S/C15H19NO3.C6H10O3/c1-3-12(2)14(15(17)18)16-19-11-7-10-13-8-5-4-6-9-13;1-3-4(2)5(7)6(8)9/h4-10,12H,3,11H2,1-2H3,(H,17,18);4H,3H2,1-2H3,(H,8,9)/b10-7+,16-14-;. The van der Waals surface area contributed by atoms with Crippen molar-refractivity contribution < 1.29 is 29.4 Å². The summed E-state index contributed by atoms with van der Waals surface area (Å²) in [6, 6.07) is 9.79. The molecular formula is C21H29NO6. The van der Waals surface area contributed by atoms with Gasteiger partial charge in [-0.3, -0.25) is 4.79 Å². The third kappa shape index (κ3) is 10.3. The summed E-state index contributed by atoms with van der Waals surface area (Å²) in [6.07, 6.45) is 5.01. The monoisotopic (exact) mass is 391 g/mol. The van der Waals surface area contributed by atoms with E-state index in [4.69, 9.17) is 15.1 Å². The van der Waals surface area contributed by atoms with Gasteiger partial charge in [0.05, 0.1) is 0 Å². The van der Waals surface area contributed by atoms with E-state index >= 15 is 0 Å². The number of carbonyl (C=O) groups excluding carboxylic acids is 1. The second-order valence-corrected chi connectivity index (χ2v) is 6.18. The van der Waals surface area contributed by atoms with Crippen molar-refractivity contribution in [1.82, 2.24) is 0 Å². The van der Waals surface area contributed by atoms with Gasteiger partial charge in [-0.15, -0.1) is 0 Å². The molecule has 0 spiro atoms. The van der Waals surface area contributed by atoms with E-state index in [1.807, 2.05) is 50.3 Å². The summed E-state index contributed by atoms with van der Waals surface area (Å²) in [5.41, 5.74) is 1.13. The zero-order valence-electron chi connectivity index (χ0n) is 16.8. The smallest absolute Gasteiger partial charge is 0.372 e. The molecule has 0 saturated carbocycles. The molecule has 154 valence electrons. The fourth-order valence-corrected chi connectivity index (χ4v) is 1.83. The Morgan fingerprint density at radius 2 is 1.57 bits per heavy atom. The molecule has 1 aromatic carbocycles. The molecule has 0 fully saturated rings. The van der Waals surface area contributed by atoms with Gasteiger partial charge in [-0.1, -0.05) is 69.3 Å². The van der Waals surface area contributed by atoms with Crippen molar-refractivity contribution in [1.29, 1.82) is 0 Å². The lowest BCUT2D eigenvalue weighted by Crippen LogP contribution is -2.21. The highest BCUT2D eigenvalue weighted by molar-refractivity contribution is 6.36. The van der Waals surface area contributed by atoms with Crippen LogP contribution in [0.5, 0.6) is 0 Å². The lowest BCUT2D eigenvalue weighted by atomic mass is 10.0. The van der Waals surface area contributed by atoms with Crippen molar-refractivity contribution >= 4 is 29.5 Å². The van der Waals surface area contributed by atoms with Crippen LogP contribution in [0.25, 0.3) is 6.08 Å². The molecule has 0 aliphatic rings. The summed E-state index contributed by atoms with van der Waals surface area (Å²) in [6.45, 7) is 7.37. The largest absolute Gasteiger partial charge is 0.477 e. The number of carboxylic acid groups (broad SMARTS) is 2. The van der Waals surface area contributed by atoms with Crippen LogP contribution < -0.4 is 0 Å². The number of aliphatic carboxylic acids is 2.